The summed E-state index contributed by atoms with van der Waals surface area (Å²) in [6, 6.07) is 62.1. The van der Waals surface area contributed by atoms with Gasteiger partial charge in [-0.3, -0.25) is 0 Å². The van der Waals surface area contributed by atoms with Crippen LogP contribution in [0.4, 0.5) is 17.1 Å². The van der Waals surface area contributed by atoms with E-state index < -0.39 is 0 Å². The largest absolute Gasteiger partial charge is 0.310 e. The monoisotopic (exact) mass is 743 g/mol. The number of benzene rings is 9. The molecule has 1 nitrogen and oxygen atoms in total. The molecule has 0 bridgehead atoms. The number of hydrogen-bond acceptors (Lipinski definition) is 1. The fourth-order valence-corrected chi connectivity index (χ4v) is 11.5. The van der Waals surface area contributed by atoms with Gasteiger partial charge in [-0.05, 0) is 136 Å². The van der Waals surface area contributed by atoms with Gasteiger partial charge in [0.15, 0.2) is 0 Å². The molecule has 58 heavy (non-hydrogen) atoms. The third kappa shape index (κ3) is 4.26. The summed E-state index contributed by atoms with van der Waals surface area (Å²) in [4.78, 5) is 2.52. The molecule has 0 fully saturated rings. The van der Waals surface area contributed by atoms with Crippen molar-refractivity contribution in [3.05, 3.63) is 197 Å². The van der Waals surface area contributed by atoms with E-state index in [1.807, 2.05) is 0 Å². The van der Waals surface area contributed by atoms with E-state index in [9.17, 15) is 0 Å². The summed E-state index contributed by atoms with van der Waals surface area (Å²) in [5, 5.41) is 7.84. The van der Waals surface area contributed by atoms with Gasteiger partial charge in [0.25, 0.3) is 0 Å². The summed E-state index contributed by atoms with van der Waals surface area (Å²) in [6.45, 7) is 14.5. The summed E-state index contributed by atoms with van der Waals surface area (Å²) in [5.41, 5.74) is 19.8. The zero-order chi connectivity index (χ0) is 39.3. The fourth-order valence-electron chi connectivity index (χ4n) is 11.5. The van der Waals surface area contributed by atoms with Gasteiger partial charge in [0, 0.05) is 33.0 Å². The van der Waals surface area contributed by atoms with Crippen molar-refractivity contribution in [2.75, 3.05) is 4.90 Å². The minimum absolute atomic E-state index is 0.0895. The molecule has 0 spiro atoms. The zero-order valence-corrected chi connectivity index (χ0v) is 34.0. The van der Waals surface area contributed by atoms with Crippen LogP contribution in [0.25, 0.3) is 65.7 Å². The highest BCUT2D eigenvalue weighted by Gasteiger charge is 2.43. The lowest BCUT2D eigenvalue weighted by Gasteiger charge is -2.31. The average Bonchev–Trinajstić information content (AvgIpc) is 3.72. The summed E-state index contributed by atoms with van der Waals surface area (Å²) in [5.74, 6) is 0. The molecule has 0 saturated heterocycles. The quantitative estimate of drug-likeness (QED) is 0.174. The number of nitrogens with zero attached hydrogens (tertiary/aromatic N) is 1. The van der Waals surface area contributed by atoms with Crippen LogP contribution in [0.5, 0.6) is 0 Å². The molecule has 0 aromatic heterocycles. The molecule has 9 aromatic carbocycles. The summed E-state index contributed by atoms with van der Waals surface area (Å²) < 4.78 is 0. The Morgan fingerprint density at radius 2 is 0.845 bits per heavy atom. The maximum atomic E-state index is 2.55. The SMILES string of the molecule is CC1(C)c2cc(N(c3ccccc3)c3cc4c(c5ccccc35)C(C)(C)c3ccc5ccccc5c3-4)ccc2-c2cc3c(cc21)-c1c(ccc2ccccc12)C3(C)C. The van der Waals surface area contributed by atoms with Crippen LogP contribution in [0.1, 0.15) is 74.9 Å². The normalized spacial score (nSPS) is 15.8. The Morgan fingerprint density at radius 1 is 0.328 bits per heavy atom. The van der Waals surface area contributed by atoms with E-state index >= 15 is 0 Å². The van der Waals surface area contributed by atoms with Gasteiger partial charge in [0.05, 0.1) is 5.69 Å². The van der Waals surface area contributed by atoms with E-state index in [1.54, 1.807) is 0 Å². The average molecular weight is 744 g/mol. The van der Waals surface area contributed by atoms with Crippen molar-refractivity contribution in [3.8, 4) is 33.4 Å². The second kappa shape index (κ2) is 11.4. The van der Waals surface area contributed by atoms with Gasteiger partial charge in [-0.1, -0.05) is 163 Å². The summed E-state index contributed by atoms with van der Waals surface area (Å²) in [7, 11) is 0. The van der Waals surface area contributed by atoms with E-state index in [0.29, 0.717) is 0 Å². The Bertz CT molecular complexity index is 3250. The number of hydrogen-bond donors (Lipinski definition) is 0. The minimum Gasteiger partial charge on any atom is -0.310 e. The van der Waals surface area contributed by atoms with E-state index in [-0.39, 0.29) is 16.2 Å². The molecular weight excluding hydrogens is 699 g/mol. The number of rotatable bonds is 3. The Balaban J connectivity index is 1.08. The molecule has 0 atom stereocenters. The number of para-hydroxylation sites is 1. The third-order valence-corrected chi connectivity index (χ3v) is 14.4. The molecule has 0 amide bonds. The highest BCUT2D eigenvalue weighted by atomic mass is 15.1. The minimum atomic E-state index is -0.197. The van der Waals surface area contributed by atoms with Gasteiger partial charge in [-0.15, -0.1) is 0 Å². The second-order valence-corrected chi connectivity index (χ2v) is 18.5. The Kier molecular flexibility index (Phi) is 6.60. The van der Waals surface area contributed by atoms with E-state index in [0.717, 1.165) is 5.69 Å². The smallest absolute Gasteiger partial charge is 0.0546 e. The van der Waals surface area contributed by atoms with Crippen molar-refractivity contribution in [2.24, 2.45) is 0 Å². The first-order chi connectivity index (χ1) is 28.0. The molecule has 0 unspecified atom stereocenters. The highest BCUT2D eigenvalue weighted by molar-refractivity contribution is 6.12. The number of fused-ring (bicyclic) bond motifs is 15. The first kappa shape index (κ1) is 33.7. The lowest BCUT2D eigenvalue weighted by atomic mass is 9.79. The van der Waals surface area contributed by atoms with Crippen molar-refractivity contribution < 1.29 is 0 Å². The van der Waals surface area contributed by atoms with E-state index in [2.05, 4.69) is 210 Å². The topological polar surface area (TPSA) is 3.24 Å². The molecule has 0 saturated carbocycles. The van der Waals surface area contributed by atoms with Gasteiger partial charge < -0.3 is 4.90 Å². The van der Waals surface area contributed by atoms with Crippen LogP contribution in [0, 0.1) is 0 Å². The van der Waals surface area contributed by atoms with Gasteiger partial charge in [0.1, 0.15) is 0 Å². The van der Waals surface area contributed by atoms with Crippen LogP contribution >= 0.6 is 0 Å². The zero-order valence-electron chi connectivity index (χ0n) is 34.0. The Labute approximate surface area is 341 Å². The van der Waals surface area contributed by atoms with Crippen molar-refractivity contribution in [1.29, 1.82) is 0 Å². The van der Waals surface area contributed by atoms with Crippen LogP contribution in [-0.4, -0.2) is 0 Å². The van der Waals surface area contributed by atoms with Gasteiger partial charge >= 0.3 is 0 Å². The lowest BCUT2D eigenvalue weighted by molar-refractivity contribution is 0.652. The molecule has 12 rings (SSSR count). The molecule has 3 aliphatic rings. The molecule has 0 aliphatic heterocycles. The van der Waals surface area contributed by atoms with Crippen LogP contribution in [0.15, 0.2) is 164 Å². The lowest BCUT2D eigenvalue weighted by Crippen LogP contribution is -2.18. The van der Waals surface area contributed by atoms with Crippen molar-refractivity contribution in [2.45, 2.75) is 57.8 Å². The van der Waals surface area contributed by atoms with E-state index in [4.69, 9.17) is 0 Å². The summed E-state index contributed by atoms with van der Waals surface area (Å²) >= 11 is 0. The second-order valence-electron chi connectivity index (χ2n) is 18.5. The third-order valence-electron chi connectivity index (χ3n) is 14.4. The Morgan fingerprint density at radius 3 is 1.53 bits per heavy atom. The van der Waals surface area contributed by atoms with Crippen LogP contribution < -0.4 is 4.90 Å². The van der Waals surface area contributed by atoms with Crippen molar-refractivity contribution in [1.82, 2.24) is 0 Å². The first-order valence-corrected chi connectivity index (χ1v) is 20.9. The standard InChI is InChI=1S/C57H45N/c1-55(2)46-28-24-34-16-10-12-20-38(34)52(46)44-32-49-43(31-50(44)55)40-27-26-37(30-48(40)56(49,3)4)58(36-18-8-7-9-19-36)51-33-45-53-39-21-13-11-17-35(39)25-29-47(53)57(5,6)54(45)42-23-15-14-22-41(42)51/h7-33H,1-6H3. The molecule has 9 aromatic rings. The van der Waals surface area contributed by atoms with Crippen molar-refractivity contribution in [3.63, 3.8) is 0 Å². The van der Waals surface area contributed by atoms with Gasteiger partial charge in [-0.2, -0.15) is 0 Å². The molecule has 1 heteroatoms. The Hall–Kier alpha value is -6.44. The van der Waals surface area contributed by atoms with Crippen LogP contribution in [0.2, 0.25) is 0 Å². The summed E-state index contributed by atoms with van der Waals surface area (Å²) in [6.07, 6.45) is 0. The molecule has 0 heterocycles. The van der Waals surface area contributed by atoms with Crippen LogP contribution in [-0.2, 0) is 16.2 Å². The van der Waals surface area contributed by atoms with E-state index in [1.165, 1.54) is 110 Å². The highest BCUT2D eigenvalue weighted by Crippen LogP contribution is 2.59. The predicted molar refractivity (Wildman–Crippen MR) is 246 cm³/mol. The molecule has 0 N–H and O–H groups in total. The maximum Gasteiger partial charge on any atom is 0.0546 e. The molecule has 0 radical (unpaired) electrons. The van der Waals surface area contributed by atoms with Gasteiger partial charge in [0.2, 0.25) is 0 Å². The van der Waals surface area contributed by atoms with Gasteiger partial charge in [-0.25, -0.2) is 0 Å². The van der Waals surface area contributed by atoms with Crippen LogP contribution in [0.3, 0.4) is 0 Å². The van der Waals surface area contributed by atoms with Crippen molar-refractivity contribution >= 4 is 49.4 Å². The fraction of sp³-hybridized carbons (Fsp3) is 0.158. The predicted octanol–water partition coefficient (Wildman–Crippen LogP) is 15.5. The molecular formula is C57H45N. The molecule has 278 valence electrons. The number of anilines is 3. The maximum absolute atomic E-state index is 2.55. The molecule has 3 aliphatic carbocycles. The first-order valence-electron chi connectivity index (χ1n) is 20.9.